The first-order chi connectivity index (χ1) is 10.0. The minimum atomic E-state index is -1.22. The van der Waals surface area contributed by atoms with Gasteiger partial charge in [-0.2, -0.15) is 0 Å². The average molecular weight is 319 g/mol. The zero-order valence-electron chi connectivity index (χ0n) is 11.1. The van der Waals surface area contributed by atoms with E-state index in [1.165, 1.54) is 0 Å². The van der Waals surface area contributed by atoms with E-state index < -0.39 is 21.3 Å². The summed E-state index contributed by atoms with van der Waals surface area (Å²) in [5.41, 5.74) is 1.49. The van der Waals surface area contributed by atoms with Crippen molar-refractivity contribution in [2.75, 3.05) is 0 Å². The number of benzene rings is 1. The average Bonchev–Trinajstić information content (AvgIpc) is 3.11. The van der Waals surface area contributed by atoms with Crippen molar-refractivity contribution in [2.24, 2.45) is 23.7 Å². The molecule has 1 aromatic rings. The molecule has 21 heavy (non-hydrogen) atoms. The molecule has 106 valence electrons. The second-order valence-electron chi connectivity index (χ2n) is 6.63. The van der Waals surface area contributed by atoms with E-state index in [9.17, 15) is 9.59 Å². The van der Waals surface area contributed by atoms with Crippen molar-refractivity contribution in [2.45, 2.75) is 16.2 Å². The number of hydrogen-bond acceptors (Lipinski definition) is 2. The molecule has 5 aliphatic carbocycles. The Morgan fingerprint density at radius 2 is 1.29 bits per heavy atom. The van der Waals surface area contributed by atoms with E-state index in [0.717, 1.165) is 17.5 Å². The second-order valence-corrected chi connectivity index (χ2v) is 7.82. The van der Waals surface area contributed by atoms with Gasteiger partial charge in [0.25, 0.3) is 0 Å². The van der Waals surface area contributed by atoms with Crippen LogP contribution in [0.25, 0.3) is 0 Å². The molecule has 0 radical (unpaired) electrons. The molecule has 0 saturated heterocycles. The Labute approximate surface area is 132 Å². The number of ketones is 2. The van der Waals surface area contributed by atoms with Crippen molar-refractivity contribution in [3.63, 3.8) is 0 Å². The third-order valence-corrected chi connectivity index (χ3v) is 7.21. The van der Waals surface area contributed by atoms with Crippen molar-refractivity contribution in [1.29, 1.82) is 0 Å². The van der Waals surface area contributed by atoms with E-state index >= 15 is 0 Å². The number of fused-ring (bicyclic) bond motifs is 3. The Bertz CT molecular complexity index is 694. The predicted octanol–water partition coefficient (Wildman–Crippen LogP) is 3.16. The molecule has 4 heteroatoms. The molecule has 2 saturated carbocycles. The molecule has 6 atom stereocenters. The standard InChI is InChI=1S/C17H12Cl2O2/c18-16-10-3-1-2-4-11(10)17(19,15(21)14(16)20)13-9-6-5-8(7-9)12(13)16/h1-6,8-9,12-13H,7H2/t8-,9+,12+,13-,16-,17+. The van der Waals surface area contributed by atoms with E-state index in [1.807, 2.05) is 24.3 Å². The van der Waals surface area contributed by atoms with Crippen LogP contribution in [0, 0.1) is 23.7 Å². The molecule has 6 rings (SSSR count). The Morgan fingerprint density at radius 1 is 0.857 bits per heavy atom. The predicted molar refractivity (Wildman–Crippen MR) is 79.2 cm³/mol. The highest BCUT2D eigenvalue weighted by molar-refractivity contribution is 6.62. The quantitative estimate of drug-likeness (QED) is 0.418. The first-order valence-electron chi connectivity index (χ1n) is 7.26. The molecule has 1 aromatic carbocycles. The van der Waals surface area contributed by atoms with Crippen molar-refractivity contribution in [3.05, 3.63) is 47.5 Å². The van der Waals surface area contributed by atoms with Crippen LogP contribution in [0.1, 0.15) is 17.5 Å². The maximum atomic E-state index is 12.7. The number of Topliss-reactive ketones (excluding diaryl/α,β-unsaturated/α-hetero) is 2. The monoisotopic (exact) mass is 318 g/mol. The Hall–Kier alpha value is -1.12. The fraction of sp³-hybridized carbons (Fsp3) is 0.412. The van der Waals surface area contributed by atoms with Crippen LogP contribution in [0.15, 0.2) is 36.4 Å². The van der Waals surface area contributed by atoms with E-state index in [0.29, 0.717) is 0 Å². The summed E-state index contributed by atoms with van der Waals surface area (Å²) in [5, 5.41) is 0. The number of alkyl halides is 2. The van der Waals surface area contributed by atoms with Crippen LogP contribution in [0.3, 0.4) is 0 Å². The smallest absolute Gasteiger partial charge is 0.226 e. The van der Waals surface area contributed by atoms with Crippen LogP contribution in [0.2, 0.25) is 0 Å². The summed E-state index contributed by atoms with van der Waals surface area (Å²) in [6, 6.07) is 7.44. The van der Waals surface area contributed by atoms with E-state index in [2.05, 4.69) is 12.2 Å². The lowest BCUT2D eigenvalue weighted by Crippen LogP contribution is -2.66. The number of carbonyl (C=O) groups is 2. The SMILES string of the molecule is O=C1C(=O)[C@]2(Cl)c3ccccc3[C@@]1(Cl)[C@@H]1[C@H]2[C@H]2C=C[C@@H]1C2. The molecule has 0 spiro atoms. The molecule has 0 N–H and O–H groups in total. The molecule has 0 amide bonds. The van der Waals surface area contributed by atoms with E-state index in [4.69, 9.17) is 23.2 Å². The summed E-state index contributed by atoms with van der Waals surface area (Å²) < 4.78 is 0. The number of halogens is 2. The molecule has 0 unspecified atom stereocenters. The molecule has 0 aromatic heterocycles. The maximum Gasteiger partial charge on any atom is 0.226 e. The highest BCUT2D eigenvalue weighted by Gasteiger charge is 2.75. The maximum absolute atomic E-state index is 12.7. The molecule has 4 bridgehead atoms. The van der Waals surface area contributed by atoms with Gasteiger partial charge in [0.1, 0.15) is 9.75 Å². The first-order valence-corrected chi connectivity index (χ1v) is 8.01. The van der Waals surface area contributed by atoms with E-state index in [-0.39, 0.29) is 23.7 Å². The Balaban J connectivity index is 1.92. The van der Waals surface area contributed by atoms with Crippen molar-refractivity contribution in [3.8, 4) is 0 Å². The molecule has 0 aliphatic heterocycles. The lowest BCUT2D eigenvalue weighted by Gasteiger charge is -2.56. The van der Waals surface area contributed by atoms with Gasteiger partial charge in [-0.25, -0.2) is 0 Å². The number of allylic oxidation sites excluding steroid dienone is 2. The van der Waals surface area contributed by atoms with Crippen molar-refractivity contribution >= 4 is 34.8 Å². The fourth-order valence-corrected chi connectivity index (χ4v) is 6.36. The normalized spacial score (nSPS) is 48.7. The zero-order valence-corrected chi connectivity index (χ0v) is 12.6. The lowest BCUT2D eigenvalue weighted by molar-refractivity contribution is -0.148. The van der Waals surface area contributed by atoms with Gasteiger partial charge >= 0.3 is 0 Å². The van der Waals surface area contributed by atoms with Crippen molar-refractivity contribution < 1.29 is 9.59 Å². The largest absolute Gasteiger partial charge is 0.288 e. The van der Waals surface area contributed by atoms with Gasteiger partial charge in [0.15, 0.2) is 0 Å². The summed E-state index contributed by atoms with van der Waals surface area (Å²) >= 11 is 13.7. The lowest BCUT2D eigenvalue weighted by atomic mass is 9.52. The fourth-order valence-electron chi connectivity index (χ4n) is 5.26. The summed E-state index contributed by atoms with van der Waals surface area (Å²) in [4.78, 5) is 23.0. The minimum Gasteiger partial charge on any atom is -0.288 e. The first kappa shape index (κ1) is 12.4. The highest BCUT2D eigenvalue weighted by atomic mass is 35.5. The Morgan fingerprint density at radius 3 is 1.71 bits per heavy atom. The molecule has 0 heterocycles. The Kier molecular flexibility index (Phi) is 2.04. The van der Waals surface area contributed by atoms with Gasteiger partial charge in [-0.3, -0.25) is 9.59 Å². The van der Waals surface area contributed by atoms with Crippen LogP contribution < -0.4 is 0 Å². The number of hydrogen-bond donors (Lipinski definition) is 0. The molecule has 5 aliphatic rings. The van der Waals surface area contributed by atoms with Gasteiger partial charge < -0.3 is 0 Å². The third kappa shape index (κ3) is 1.07. The number of carbonyl (C=O) groups excluding carboxylic acids is 2. The van der Waals surface area contributed by atoms with Crippen LogP contribution in [0.4, 0.5) is 0 Å². The van der Waals surface area contributed by atoms with Gasteiger partial charge in [0.2, 0.25) is 11.6 Å². The second kappa shape index (κ2) is 3.44. The topological polar surface area (TPSA) is 34.1 Å². The van der Waals surface area contributed by atoms with Crippen LogP contribution in [-0.4, -0.2) is 11.6 Å². The van der Waals surface area contributed by atoms with Gasteiger partial charge in [0.05, 0.1) is 0 Å². The molecular formula is C17H12Cl2O2. The van der Waals surface area contributed by atoms with E-state index in [1.54, 1.807) is 0 Å². The number of rotatable bonds is 0. The van der Waals surface area contributed by atoms with Crippen LogP contribution >= 0.6 is 23.2 Å². The summed E-state index contributed by atoms with van der Waals surface area (Å²) in [6.45, 7) is 0. The molecule has 2 fully saturated rings. The zero-order chi connectivity index (χ0) is 14.6. The van der Waals surface area contributed by atoms with Gasteiger partial charge in [0, 0.05) is 11.8 Å². The van der Waals surface area contributed by atoms with Crippen LogP contribution in [-0.2, 0) is 19.3 Å². The molecule has 2 nitrogen and oxygen atoms in total. The minimum absolute atomic E-state index is 0.0632. The van der Waals surface area contributed by atoms with Gasteiger partial charge in [-0.1, -0.05) is 36.4 Å². The summed E-state index contributed by atoms with van der Waals surface area (Å²) in [7, 11) is 0. The van der Waals surface area contributed by atoms with Gasteiger partial charge in [-0.05, 0) is 29.4 Å². The molecular weight excluding hydrogens is 307 g/mol. The summed E-state index contributed by atoms with van der Waals surface area (Å²) in [6.07, 6.45) is 5.25. The van der Waals surface area contributed by atoms with Crippen LogP contribution in [0.5, 0.6) is 0 Å². The summed E-state index contributed by atoms with van der Waals surface area (Å²) in [5.74, 6) is -0.652. The highest BCUT2D eigenvalue weighted by Crippen LogP contribution is 2.71. The van der Waals surface area contributed by atoms with Gasteiger partial charge in [-0.15, -0.1) is 23.2 Å². The van der Waals surface area contributed by atoms with Crippen molar-refractivity contribution in [1.82, 2.24) is 0 Å². The third-order valence-electron chi connectivity index (χ3n) is 5.96.